The lowest BCUT2D eigenvalue weighted by Crippen LogP contribution is -2.48. The molecular weight excluding hydrogens is 434 g/mol. The van der Waals surface area contributed by atoms with Gasteiger partial charge in [-0.15, -0.1) is 11.3 Å². The molecule has 1 saturated heterocycles. The number of hydrogen-bond acceptors (Lipinski definition) is 4. The van der Waals surface area contributed by atoms with Gasteiger partial charge >= 0.3 is 6.03 Å². The van der Waals surface area contributed by atoms with E-state index in [0.717, 1.165) is 6.07 Å². The number of halogens is 2. The molecule has 0 aliphatic carbocycles. The number of thiazole rings is 1. The molecule has 0 radical (unpaired) electrons. The van der Waals surface area contributed by atoms with Gasteiger partial charge in [-0.05, 0) is 48.2 Å². The summed E-state index contributed by atoms with van der Waals surface area (Å²) in [7, 11) is 1.74. The number of amides is 3. The Morgan fingerprint density at radius 2 is 1.72 bits per heavy atom. The molecule has 1 N–H and O–H groups in total. The third-order valence-electron chi connectivity index (χ3n) is 5.59. The molecule has 4 rings (SSSR count). The zero-order valence-corrected chi connectivity index (χ0v) is 18.2. The second-order valence-corrected chi connectivity index (χ2v) is 8.55. The smallest absolute Gasteiger partial charge is 0.321 e. The summed E-state index contributed by atoms with van der Waals surface area (Å²) in [5, 5.41) is 2.85. The number of likely N-dealkylation sites (tertiary alicyclic amines) is 1. The summed E-state index contributed by atoms with van der Waals surface area (Å²) in [6.07, 6.45) is 2.96. The highest BCUT2D eigenvalue weighted by Crippen LogP contribution is 2.24. The van der Waals surface area contributed by atoms with Crippen LogP contribution in [0.25, 0.3) is 11.1 Å². The molecule has 166 valence electrons. The first-order valence-corrected chi connectivity index (χ1v) is 11.1. The van der Waals surface area contributed by atoms with Gasteiger partial charge in [0.25, 0.3) is 5.91 Å². The molecule has 0 saturated carbocycles. The molecular formula is C23H22F2N4O2S. The predicted molar refractivity (Wildman–Crippen MR) is 120 cm³/mol. The first-order chi connectivity index (χ1) is 15.4. The number of carbonyl (C=O) groups excluding carboxylic acids is 2. The fourth-order valence-electron chi connectivity index (χ4n) is 3.78. The first-order valence-electron chi connectivity index (χ1n) is 10.2. The van der Waals surface area contributed by atoms with Crippen molar-refractivity contribution in [2.75, 3.05) is 25.5 Å². The molecule has 1 aliphatic rings. The van der Waals surface area contributed by atoms with Crippen molar-refractivity contribution in [3.05, 3.63) is 70.7 Å². The Labute approximate surface area is 188 Å². The Hall–Kier alpha value is -3.33. The Morgan fingerprint density at radius 1 is 1.06 bits per heavy atom. The Kier molecular flexibility index (Phi) is 6.45. The van der Waals surface area contributed by atoms with Crippen LogP contribution in [-0.4, -0.2) is 52.9 Å². The summed E-state index contributed by atoms with van der Waals surface area (Å²) in [5.41, 5.74) is 3.30. The lowest BCUT2D eigenvalue weighted by Gasteiger charge is -2.36. The number of aromatic nitrogens is 1. The van der Waals surface area contributed by atoms with E-state index in [9.17, 15) is 18.4 Å². The molecule has 2 heterocycles. The maximum Gasteiger partial charge on any atom is 0.321 e. The van der Waals surface area contributed by atoms with Crippen molar-refractivity contribution in [1.82, 2.24) is 14.8 Å². The molecule has 9 heteroatoms. The second kappa shape index (κ2) is 9.44. The van der Waals surface area contributed by atoms with E-state index in [-0.39, 0.29) is 18.0 Å². The number of nitrogens with one attached hydrogen (secondary N) is 1. The van der Waals surface area contributed by atoms with Gasteiger partial charge in [-0.25, -0.2) is 13.6 Å². The van der Waals surface area contributed by atoms with Crippen LogP contribution in [0.2, 0.25) is 0 Å². The summed E-state index contributed by atoms with van der Waals surface area (Å²) >= 11 is 1.32. The number of piperidine rings is 1. The molecule has 0 atom stereocenters. The Bertz CT molecular complexity index is 1080. The monoisotopic (exact) mass is 456 g/mol. The SMILES string of the molecule is CN(C(=O)Nc1ccc(-c2cc(F)cc(F)c2)cc1)C1CCN(C(=O)c2cncs2)CC1. The minimum absolute atomic E-state index is 0.0173. The number of anilines is 1. The molecule has 1 aliphatic heterocycles. The third-order valence-corrected chi connectivity index (χ3v) is 6.36. The number of rotatable bonds is 4. The highest BCUT2D eigenvalue weighted by molar-refractivity contribution is 7.11. The molecule has 1 fully saturated rings. The molecule has 0 unspecified atom stereocenters. The fraction of sp³-hybridized carbons (Fsp3) is 0.261. The third kappa shape index (κ3) is 4.94. The number of carbonyl (C=O) groups is 2. The second-order valence-electron chi connectivity index (χ2n) is 7.67. The normalized spacial score (nSPS) is 14.3. The molecule has 3 amide bonds. The van der Waals surface area contributed by atoms with Gasteiger partial charge < -0.3 is 15.1 Å². The van der Waals surface area contributed by atoms with E-state index < -0.39 is 11.6 Å². The van der Waals surface area contributed by atoms with Crippen LogP contribution in [-0.2, 0) is 0 Å². The van der Waals surface area contributed by atoms with Crippen molar-refractivity contribution in [3.63, 3.8) is 0 Å². The zero-order valence-electron chi connectivity index (χ0n) is 17.4. The van der Waals surface area contributed by atoms with Gasteiger partial charge in [0, 0.05) is 37.9 Å². The van der Waals surface area contributed by atoms with E-state index in [0.29, 0.717) is 47.6 Å². The van der Waals surface area contributed by atoms with Gasteiger partial charge in [0.2, 0.25) is 0 Å². The lowest BCUT2D eigenvalue weighted by molar-refractivity contribution is 0.0676. The van der Waals surface area contributed by atoms with Gasteiger partial charge in [0.05, 0.1) is 11.7 Å². The largest absolute Gasteiger partial charge is 0.338 e. The van der Waals surface area contributed by atoms with Crippen LogP contribution < -0.4 is 5.32 Å². The summed E-state index contributed by atoms with van der Waals surface area (Å²) in [6.45, 7) is 1.16. The topological polar surface area (TPSA) is 65.5 Å². The Balaban J connectivity index is 1.32. The molecule has 1 aromatic heterocycles. The highest BCUT2D eigenvalue weighted by atomic mass is 32.1. The highest BCUT2D eigenvalue weighted by Gasteiger charge is 2.28. The average Bonchev–Trinajstić information content (AvgIpc) is 3.33. The van der Waals surface area contributed by atoms with Crippen LogP contribution in [0.1, 0.15) is 22.5 Å². The van der Waals surface area contributed by atoms with Crippen LogP contribution in [0.15, 0.2) is 54.2 Å². The quantitative estimate of drug-likeness (QED) is 0.610. The van der Waals surface area contributed by atoms with Gasteiger partial charge in [0.1, 0.15) is 16.5 Å². The number of benzene rings is 2. The molecule has 2 aromatic carbocycles. The average molecular weight is 457 g/mol. The van der Waals surface area contributed by atoms with Gasteiger partial charge in [-0.3, -0.25) is 9.78 Å². The minimum Gasteiger partial charge on any atom is -0.338 e. The molecule has 0 bridgehead atoms. The van der Waals surface area contributed by atoms with Gasteiger partial charge in [-0.2, -0.15) is 0 Å². The van der Waals surface area contributed by atoms with Crippen molar-refractivity contribution in [2.45, 2.75) is 18.9 Å². The van der Waals surface area contributed by atoms with Crippen LogP contribution in [0.5, 0.6) is 0 Å². The Morgan fingerprint density at radius 3 is 2.31 bits per heavy atom. The number of urea groups is 1. The van der Waals surface area contributed by atoms with E-state index >= 15 is 0 Å². The maximum atomic E-state index is 13.4. The van der Waals surface area contributed by atoms with E-state index in [4.69, 9.17) is 0 Å². The number of nitrogens with zero attached hydrogens (tertiary/aromatic N) is 3. The molecule has 32 heavy (non-hydrogen) atoms. The lowest BCUT2D eigenvalue weighted by atomic mass is 10.0. The van der Waals surface area contributed by atoms with Crippen molar-refractivity contribution >= 4 is 29.0 Å². The fourth-order valence-corrected chi connectivity index (χ4v) is 4.36. The van der Waals surface area contributed by atoms with Crippen molar-refractivity contribution in [3.8, 4) is 11.1 Å². The van der Waals surface area contributed by atoms with E-state index in [2.05, 4.69) is 10.3 Å². The van der Waals surface area contributed by atoms with E-state index in [1.807, 2.05) is 0 Å². The predicted octanol–water partition coefficient (Wildman–Crippen LogP) is 4.86. The standard InChI is InChI=1S/C23H22F2N4O2S/c1-28(20-6-8-29(9-7-20)22(30)21-13-26-14-32-21)23(31)27-19-4-2-15(3-5-19)16-10-17(24)12-18(25)11-16/h2-5,10-14,20H,6-9H2,1H3,(H,27,31). The molecule has 3 aromatic rings. The summed E-state index contributed by atoms with van der Waals surface area (Å²) in [5.74, 6) is -1.30. The van der Waals surface area contributed by atoms with Crippen LogP contribution in [0, 0.1) is 11.6 Å². The maximum absolute atomic E-state index is 13.4. The zero-order chi connectivity index (χ0) is 22.7. The molecule has 6 nitrogen and oxygen atoms in total. The number of hydrogen-bond donors (Lipinski definition) is 1. The van der Waals surface area contributed by atoms with E-state index in [1.54, 1.807) is 52.8 Å². The van der Waals surface area contributed by atoms with Gasteiger partial charge in [0.15, 0.2) is 0 Å². The minimum atomic E-state index is -0.640. The van der Waals surface area contributed by atoms with Crippen molar-refractivity contribution < 1.29 is 18.4 Å². The summed E-state index contributed by atoms with van der Waals surface area (Å²) in [4.78, 5) is 33.2. The van der Waals surface area contributed by atoms with Crippen molar-refractivity contribution in [2.24, 2.45) is 0 Å². The van der Waals surface area contributed by atoms with Crippen LogP contribution in [0.3, 0.4) is 0 Å². The van der Waals surface area contributed by atoms with E-state index in [1.165, 1.54) is 23.5 Å². The van der Waals surface area contributed by atoms with Crippen LogP contribution >= 0.6 is 11.3 Å². The van der Waals surface area contributed by atoms with Crippen molar-refractivity contribution in [1.29, 1.82) is 0 Å². The summed E-state index contributed by atoms with van der Waals surface area (Å²) < 4.78 is 26.9. The summed E-state index contributed by atoms with van der Waals surface area (Å²) in [6, 6.07) is 9.92. The van der Waals surface area contributed by atoms with Gasteiger partial charge in [-0.1, -0.05) is 12.1 Å². The molecule has 0 spiro atoms. The first kappa shape index (κ1) is 21.9. The van der Waals surface area contributed by atoms with Crippen LogP contribution in [0.4, 0.5) is 19.3 Å².